The van der Waals surface area contributed by atoms with E-state index in [1.807, 2.05) is 0 Å². The van der Waals surface area contributed by atoms with E-state index in [1.54, 1.807) is 12.1 Å². The highest BCUT2D eigenvalue weighted by molar-refractivity contribution is 6.30. The van der Waals surface area contributed by atoms with Crippen molar-refractivity contribution in [2.75, 3.05) is 26.2 Å². The van der Waals surface area contributed by atoms with Crippen LogP contribution in [0.5, 0.6) is 0 Å². The van der Waals surface area contributed by atoms with Gasteiger partial charge in [0.25, 0.3) is 0 Å². The summed E-state index contributed by atoms with van der Waals surface area (Å²) in [6.07, 6.45) is 2.08. The van der Waals surface area contributed by atoms with Gasteiger partial charge >= 0.3 is 0 Å². The van der Waals surface area contributed by atoms with Crippen molar-refractivity contribution in [3.63, 3.8) is 0 Å². The Morgan fingerprint density at radius 3 is 2.41 bits per heavy atom. The Morgan fingerprint density at radius 2 is 1.82 bits per heavy atom. The van der Waals surface area contributed by atoms with E-state index >= 15 is 0 Å². The minimum Gasteiger partial charge on any atom is -0.314 e. The maximum Gasteiger partial charge on any atom is 0.128 e. The van der Waals surface area contributed by atoms with Gasteiger partial charge in [-0.05, 0) is 37.0 Å². The number of piperazine rings is 1. The van der Waals surface area contributed by atoms with Crippen molar-refractivity contribution in [2.45, 2.75) is 32.7 Å². The second-order valence-electron chi connectivity index (χ2n) is 5.94. The van der Waals surface area contributed by atoms with Crippen LogP contribution in [0.25, 0.3) is 0 Å². The van der Waals surface area contributed by atoms with E-state index in [1.165, 1.54) is 6.07 Å². The average Bonchev–Trinajstić information content (AvgIpc) is 2.43. The fourth-order valence-corrected chi connectivity index (χ4v) is 2.97. The molecule has 1 atom stereocenters. The summed E-state index contributed by atoms with van der Waals surface area (Å²) in [5, 5.41) is 3.97. The maximum absolute atomic E-state index is 14.2. The van der Waals surface area contributed by atoms with Crippen LogP contribution in [0.3, 0.4) is 0 Å². The third-order valence-corrected chi connectivity index (χ3v) is 4.16. The van der Waals surface area contributed by atoms with Crippen LogP contribution in [0.2, 0.25) is 5.02 Å². The van der Waals surface area contributed by atoms with Gasteiger partial charge in [-0.1, -0.05) is 25.4 Å². The molecule has 0 saturated carbocycles. The lowest BCUT2D eigenvalue weighted by Crippen LogP contribution is -2.45. The van der Waals surface area contributed by atoms with Crippen LogP contribution in [0.1, 0.15) is 38.3 Å². The molecule has 1 aliphatic rings. The van der Waals surface area contributed by atoms with Gasteiger partial charge in [-0.3, -0.25) is 4.90 Å². The summed E-state index contributed by atoms with van der Waals surface area (Å²) in [5.41, 5.74) is 0.750. The first-order valence-electron chi connectivity index (χ1n) is 7.47. The molecule has 22 heavy (non-hydrogen) atoms. The second-order valence-corrected chi connectivity index (χ2v) is 6.38. The number of hydrogen-bond acceptors (Lipinski definition) is 2. The molecule has 6 heteroatoms. The van der Waals surface area contributed by atoms with Crippen molar-refractivity contribution in [3.05, 3.63) is 34.6 Å². The lowest BCUT2D eigenvalue weighted by atomic mass is 9.95. The third-order valence-electron chi connectivity index (χ3n) is 3.93. The normalized spacial score (nSPS) is 16.8. The first kappa shape index (κ1) is 21.9. The van der Waals surface area contributed by atoms with E-state index in [2.05, 4.69) is 24.1 Å². The number of hydrogen-bond donors (Lipinski definition) is 1. The lowest BCUT2D eigenvalue weighted by Gasteiger charge is -2.36. The van der Waals surface area contributed by atoms with E-state index < -0.39 is 0 Å². The molecule has 0 spiro atoms. The molecule has 0 aromatic heterocycles. The summed E-state index contributed by atoms with van der Waals surface area (Å²) in [4.78, 5) is 2.38. The first-order chi connectivity index (χ1) is 9.58. The van der Waals surface area contributed by atoms with Crippen LogP contribution in [0, 0.1) is 11.7 Å². The average molecular weight is 372 g/mol. The molecule has 1 heterocycles. The van der Waals surface area contributed by atoms with Crippen molar-refractivity contribution in [1.29, 1.82) is 0 Å². The fraction of sp³-hybridized carbons (Fsp3) is 0.625. The molecule has 0 aliphatic carbocycles. The Bertz CT molecular complexity index is 437. The Morgan fingerprint density at radius 1 is 1.18 bits per heavy atom. The minimum atomic E-state index is -0.137. The largest absolute Gasteiger partial charge is 0.314 e. The topological polar surface area (TPSA) is 15.3 Å². The predicted molar refractivity (Wildman–Crippen MR) is 97.2 cm³/mol. The SMILES string of the molecule is CC(C)CC[C@@H](c1cc(Cl)ccc1F)N1CCNCC1.Cl.Cl. The van der Waals surface area contributed by atoms with Gasteiger partial charge in [-0.25, -0.2) is 4.39 Å². The zero-order chi connectivity index (χ0) is 14.5. The smallest absolute Gasteiger partial charge is 0.128 e. The van der Waals surface area contributed by atoms with Crippen molar-refractivity contribution in [2.24, 2.45) is 5.92 Å². The summed E-state index contributed by atoms with van der Waals surface area (Å²) >= 11 is 6.06. The van der Waals surface area contributed by atoms with E-state index in [-0.39, 0.29) is 36.7 Å². The van der Waals surface area contributed by atoms with Crippen LogP contribution in [0.15, 0.2) is 18.2 Å². The molecule has 0 bridgehead atoms. The Hall–Kier alpha value is -0.0600. The van der Waals surface area contributed by atoms with Crippen LogP contribution >= 0.6 is 36.4 Å². The number of rotatable bonds is 5. The minimum absolute atomic E-state index is 0. The van der Waals surface area contributed by atoms with E-state index in [0.29, 0.717) is 10.9 Å². The van der Waals surface area contributed by atoms with Crippen LogP contribution in [-0.4, -0.2) is 31.1 Å². The number of nitrogens with zero attached hydrogens (tertiary/aromatic N) is 1. The highest BCUT2D eigenvalue weighted by atomic mass is 35.5. The summed E-state index contributed by atoms with van der Waals surface area (Å²) in [7, 11) is 0. The van der Waals surface area contributed by atoms with Crippen LogP contribution in [0.4, 0.5) is 4.39 Å². The van der Waals surface area contributed by atoms with Gasteiger partial charge in [-0.2, -0.15) is 0 Å². The maximum atomic E-state index is 14.2. The van der Waals surface area contributed by atoms with E-state index in [4.69, 9.17) is 11.6 Å². The highest BCUT2D eigenvalue weighted by Gasteiger charge is 2.24. The van der Waals surface area contributed by atoms with Gasteiger partial charge in [0.15, 0.2) is 0 Å². The Kier molecular flexibility index (Phi) is 10.6. The molecule has 0 amide bonds. The molecule has 0 unspecified atom stereocenters. The Balaban J connectivity index is 0.00000220. The molecular formula is C16H26Cl3FN2. The van der Waals surface area contributed by atoms with Gasteiger partial charge < -0.3 is 5.32 Å². The number of benzene rings is 1. The quantitative estimate of drug-likeness (QED) is 0.806. The van der Waals surface area contributed by atoms with Crippen LogP contribution < -0.4 is 5.32 Å². The zero-order valence-electron chi connectivity index (χ0n) is 13.1. The predicted octanol–water partition coefficient (Wildman–Crippen LogP) is 4.71. The summed E-state index contributed by atoms with van der Waals surface area (Å²) < 4.78 is 14.2. The molecule has 1 fully saturated rings. The molecule has 2 nitrogen and oxygen atoms in total. The van der Waals surface area contributed by atoms with E-state index in [9.17, 15) is 4.39 Å². The highest BCUT2D eigenvalue weighted by Crippen LogP contribution is 2.31. The molecule has 1 aromatic carbocycles. The van der Waals surface area contributed by atoms with Crippen molar-refractivity contribution in [1.82, 2.24) is 10.2 Å². The molecule has 1 N–H and O–H groups in total. The molecule has 0 radical (unpaired) electrons. The number of nitrogens with one attached hydrogen (secondary N) is 1. The first-order valence-corrected chi connectivity index (χ1v) is 7.85. The van der Waals surface area contributed by atoms with Crippen molar-refractivity contribution >= 4 is 36.4 Å². The van der Waals surface area contributed by atoms with Crippen LogP contribution in [-0.2, 0) is 0 Å². The zero-order valence-corrected chi connectivity index (χ0v) is 15.5. The monoisotopic (exact) mass is 370 g/mol. The molecule has 1 saturated heterocycles. The van der Waals surface area contributed by atoms with Crippen molar-refractivity contribution < 1.29 is 4.39 Å². The van der Waals surface area contributed by atoms with Gasteiger partial charge in [-0.15, -0.1) is 24.8 Å². The summed E-state index contributed by atoms with van der Waals surface area (Å²) in [6.45, 7) is 8.30. The van der Waals surface area contributed by atoms with Crippen molar-refractivity contribution in [3.8, 4) is 0 Å². The molecule has 2 rings (SSSR count). The van der Waals surface area contributed by atoms with Gasteiger partial charge in [0.2, 0.25) is 0 Å². The fourth-order valence-electron chi connectivity index (χ4n) is 2.79. The summed E-state index contributed by atoms with van der Waals surface area (Å²) in [5.74, 6) is 0.490. The molecule has 1 aliphatic heterocycles. The molecular weight excluding hydrogens is 346 g/mol. The third kappa shape index (κ3) is 6.21. The summed E-state index contributed by atoms with van der Waals surface area (Å²) in [6, 6.07) is 5.04. The van der Waals surface area contributed by atoms with Gasteiger partial charge in [0.1, 0.15) is 5.82 Å². The molecule has 1 aromatic rings. The number of halogens is 4. The second kappa shape index (κ2) is 10.7. The standard InChI is InChI=1S/C16H24ClFN2.2ClH/c1-12(2)3-6-16(20-9-7-19-8-10-20)14-11-13(17)4-5-15(14)18;;/h4-5,11-12,16,19H,3,6-10H2,1-2H3;2*1H/t16-;;/m0../s1. The molecule has 128 valence electrons. The van der Waals surface area contributed by atoms with Gasteiger partial charge in [0, 0.05) is 42.8 Å². The Labute approximate surface area is 150 Å². The van der Waals surface area contributed by atoms with Gasteiger partial charge in [0.05, 0.1) is 0 Å². The van der Waals surface area contributed by atoms with E-state index in [0.717, 1.165) is 44.6 Å². The lowest BCUT2D eigenvalue weighted by molar-refractivity contribution is 0.156.